The van der Waals surface area contributed by atoms with E-state index >= 15 is 0 Å². The van der Waals surface area contributed by atoms with Crippen molar-refractivity contribution in [2.75, 3.05) is 13.2 Å². The first-order chi connectivity index (χ1) is 7.99. The van der Waals surface area contributed by atoms with E-state index in [0.29, 0.717) is 19.6 Å². The van der Waals surface area contributed by atoms with Crippen molar-refractivity contribution in [1.82, 2.24) is 0 Å². The number of ether oxygens (including phenoxy) is 2. The average molecular weight is 244 g/mol. The second kappa shape index (κ2) is 8.09. The quantitative estimate of drug-likeness (QED) is 0.645. The molecule has 0 amide bonds. The Labute approximate surface area is 104 Å². The first-order valence-corrected chi connectivity index (χ1v) is 6.32. The van der Waals surface area contributed by atoms with E-state index in [2.05, 4.69) is 0 Å². The summed E-state index contributed by atoms with van der Waals surface area (Å²) >= 11 is 0. The summed E-state index contributed by atoms with van der Waals surface area (Å²) in [5.74, 6) is -1.37. The molecule has 2 unspecified atom stereocenters. The molecule has 17 heavy (non-hydrogen) atoms. The Hall–Kier alpha value is -1.06. The van der Waals surface area contributed by atoms with Gasteiger partial charge in [0, 0.05) is 0 Å². The van der Waals surface area contributed by atoms with Crippen molar-refractivity contribution >= 4 is 11.9 Å². The Kier molecular flexibility index (Phi) is 7.59. The summed E-state index contributed by atoms with van der Waals surface area (Å²) in [7, 11) is 0. The Morgan fingerprint density at radius 2 is 1.41 bits per heavy atom. The molecule has 2 atom stereocenters. The molecule has 0 heterocycles. The fourth-order valence-corrected chi connectivity index (χ4v) is 1.96. The van der Waals surface area contributed by atoms with Crippen LogP contribution >= 0.6 is 0 Å². The van der Waals surface area contributed by atoms with Crippen molar-refractivity contribution in [3.63, 3.8) is 0 Å². The van der Waals surface area contributed by atoms with Crippen LogP contribution in [-0.2, 0) is 19.1 Å². The summed E-state index contributed by atoms with van der Waals surface area (Å²) in [5.41, 5.74) is 0. The molecule has 4 nitrogen and oxygen atoms in total. The fourth-order valence-electron chi connectivity index (χ4n) is 1.96. The molecule has 0 saturated carbocycles. The summed E-state index contributed by atoms with van der Waals surface area (Å²) in [4.78, 5) is 23.7. The summed E-state index contributed by atoms with van der Waals surface area (Å²) in [6.07, 6.45) is 0.584. The van der Waals surface area contributed by atoms with E-state index in [0.717, 1.165) is 0 Å². The normalized spacial score (nSPS) is 14.2. The van der Waals surface area contributed by atoms with Gasteiger partial charge >= 0.3 is 11.9 Å². The maximum atomic E-state index is 11.9. The molecule has 0 aliphatic rings. The highest BCUT2D eigenvalue weighted by Gasteiger charge is 2.36. The number of carbonyl (C=O) groups excluding carboxylic acids is 2. The lowest BCUT2D eigenvalue weighted by molar-refractivity contribution is -0.162. The molecule has 0 saturated heterocycles. The van der Waals surface area contributed by atoms with Crippen LogP contribution in [0.15, 0.2) is 0 Å². The van der Waals surface area contributed by atoms with E-state index in [4.69, 9.17) is 9.47 Å². The molecule has 0 N–H and O–H groups in total. The van der Waals surface area contributed by atoms with Gasteiger partial charge in [0.2, 0.25) is 0 Å². The topological polar surface area (TPSA) is 52.6 Å². The Balaban J connectivity index is 4.86. The van der Waals surface area contributed by atoms with E-state index < -0.39 is 11.8 Å². The van der Waals surface area contributed by atoms with Gasteiger partial charge in [0.1, 0.15) is 0 Å². The molecule has 0 aromatic heterocycles. The first-order valence-electron chi connectivity index (χ1n) is 6.32. The average Bonchev–Trinajstić information content (AvgIpc) is 2.25. The first kappa shape index (κ1) is 15.9. The van der Waals surface area contributed by atoms with Crippen molar-refractivity contribution in [2.45, 2.75) is 41.0 Å². The van der Waals surface area contributed by atoms with Crippen LogP contribution in [0.3, 0.4) is 0 Å². The zero-order valence-electron chi connectivity index (χ0n) is 11.5. The summed E-state index contributed by atoms with van der Waals surface area (Å²) in [5, 5.41) is 0. The molecular formula is C13H24O4. The molecule has 0 aromatic carbocycles. The van der Waals surface area contributed by atoms with Gasteiger partial charge in [-0.2, -0.15) is 0 Å². The Morgan fingerprint density at radius 3 is 1.76 bits per heavy atom. The number of esters is 2. The molecule has 0 spiro atoms. The van der Waals surface area contributed by atoms with Crippen molar-refractivity contribution in [3.8, 4) is 0 Å². The molecule has 0 radical (unpaired) electrons. The van der Waals surface area contributed by atoms with E-state index in [1.165, 1.54) is 0 Å². The van der Waals surface area contributed by atoms with E-state index in [9.17, 15) is 9.59 Å². The smallest absolute Gasteiger partial charge is 0.310 e. The summed E-state index contributed by atoms with van der Waals surface area (Å²) in [6, 6.07) is 0. The van der Waals surface area contributed by atoms with Crippen molar-refractivity contribution < 1.29 is 19.1 Å². The van der Waals surface area contributed by atoms with Crippen molar-refractivity contribution in [1.29, 1.82) is 0 Å². The number of hydrogen-bond acceptors (Lipinski definition) is 4. The minimum atomic E-state index is -0.418. The van der Waals surface area contributed by atoms with Crippen LogP contribution < -0.4 is 0 Å². The van der Waals surface area contributed by atoms with Crippen LogP contribution in [0.4, 0.5) is 0 Å². The predicted octanol–water partition coefficient (Wildman–Crippen LogP) is 2.41. The van der Waals surface area contributed by atoms with Gasteiger partial charge in [0.25, 0.3) is 0 Å². The van der Waals surface area contributed by atoms with Crippen LogP contribution in [-0.4, -0.2) is 25.2 Å². The van der Waals surface area contributed by atoms with Gasteiger partial charge in [0.05, 0.1) is 25.0 Å². The van der Waals surface area contributed by atoms with Gasteiger partial charge in [-0.15, -0.1) is 0 Å². The van der Waals surface area contributed by atoms with E-state index in [1.54, 1.807) is 13.8 Å². The van der Waals surface area contributed by atoms with Gasteiger partial charge in [-0.25, -0.2) is 0 Å². The monoisotopic (exact) mass is 244 g/mol. The van der Waals surface area contributed by atoms with Gasteiger partial charge in [0.15, 0.2) is 0 Å². The van der Waals surface area contributed by atoms with Gasteiger partial charge < -0.3 is 9.47 Å². The Bertz CT molecular complexity index is 248. The second-order valence-corrected chi connectivity index (χ2v) is 4.29. The Morgan fingerprint density at radius 1 is 0.941 bits per heavy atom. The molecule has 0 aliphatic heterocycles. The lowest BCUT2D eigenvalue weighted by Gasteiger charge is -2.25. The number of carbonyl (C=O) groups is 2. The number of rotatable bonds is 7. The predicted molar refractivity (Wildman–Crippen MR) is 65.4 cm³/mol. The molecule has 4 heteroatoms. The van der Waals surface area contributed by atoms with Crippen LogP contribution in [0.2, 0.25) is 0 Å². The molecule has 0 aliphatic carbocycles. The van der Waals surface area contributed by atoms with Gasteiger partial charge in [-0.05, 0) is 26.2 Å². The highest BCUT2D eigenvalue weighted by atomic mass is 16.5. The summed E-state index contributed by atoms with van der Waals surface area (Å²) < 4.78 is 10.0. The van der Waals surface area contributed by atoms with Crippen LogP contribution in [0.5, 0.6) is 0 Å². The third kappa shape index (κ3) is 4.75. The zero-order valence-corrected chi connectivity index (χ0v) is 11.5. The molecule has 0 rings (SSSR count). The maximum absolute atomic E-state index is 11.9. The van der Waals surface area contributed by atoms with Crippen LogP contribution in [0.25, 0.3) is 0 Å². The lowest BCUT2D eigenvalue weighted by Crippen LogP contribution is -2.35. The molecular weight excluding hydrogens is 220 g/mol. The van der Waals surface area contributed by atoms with E-state index in [1.807, 2.05) is 20.8 Å². The van der Waals surface area contributed by atoms with E-state index in [-0.39, 0.29) is 17.9 Å². The second-order valence-electron chi connectivity index (χ2n) is 4.29. The van der Waals surface area contributed by atoms with Crippen LogP contribution in [0, 0.1) is 17.8 Å². The minimum Gasteiger partial charge on any atom is -0.466 e. The van der Waals surface area contributed by atoms with Crippen molar-refractivity contribution in [3.05, 3.63) is 0 Å². The van der Waals surface area contributed by atoms with Gasteiger partial charge in [-0.1, -0.05) is 20.8 Å². The summed E-state index contributed by atoms with van der Waals surface area (Å²) in [6.45, 7) is 9.92. The minimum absolute atomic E-state index is 0.0587. The maximum Gasteiger partial charge on any atom is 0.310 e. The largest absolute Gasteiger partial charge is 0.466 e. The van der Waals surface area contributed by atoms with Crippen molar-refractivity contribution in [2.24, 2.45) is 17.8 Å². The van der Waals surface area contributed by atoms with Crippen LogP contribution in [0.1, 0.15) is 41.0 Å². The SMILES string of the molecule is CCOC(=O)C(CC)C(C(=O)OCC)C(C)C. The third-order valence-corrected chi connectivity index (χ3v) is 2.74. The zero-order chi connectivity index (χ0) is 13.4. The third-order valence-electron chi connectivity index (χ3n) is 2.74. The highest BCUT2D eigenvalue weighted by Crippen LogP contribution is 2.26. The lowest BCUT2D eigenvalue weighted by atomic mass is 9.82. The highest BCUT2D eigenvalue weighted by molar-refractivity contribution is 5.82. The molecule has 0 bridgehead atoms. The number of hydrogen-bond donors (Lipinski definition) is 0. The molecule has 100 valence electrons. The molecule has 0 fully saturated rings. The molecule has 0 aromatic rings. The van der Waals surface area contributed by atoms with Gasteiger partial charge in [-0.3, -0.25) is 9.59 Å². The standard InChI is InChI=1S/C13H24O4/c1-6-10(12(14)16-7-2)11(9(4)5)13(15)17-8-3/h9-11H,6-8H2,1-5H3. The fraction of sp³-hybridized carbons (Fsp3) is 0.846.